The van der Waals surface area contributed by atoms with E-state index in [2.05, 4.69) is 30.6 Å². The highest BCUT2D eigenvalue weighted by Gasteiger charge is 2.15. The smallest absolute Gasteiger partial charge is 0.0334 e. The summed E-state index contributed by atoms with van der Waals surface area (Å²) in [6, 6.07) is 0. The van der Waals surface area contributed by atoms with Crippen LogP contribution in [0.1, 0.15) is 26.2 Å². The van der Waals surface area contributed by atoms with Gasteiger partial charge in [0, 0.05) is 12.7 Å². The summed E-state index contributed by atoms with van der Waals surface area (Å²) in [4.78, 5) is 0. The number of nitrogens with one attached hydrogen (secondary N) is 1. The molecule has 0 aromatic carbocycles. The van der Waals surface area contributed by atoms with Gasteiger partial charge in [0.05, 0.1) is 0 Å². The van der Waals surface area contributed by atoms with Crippen molar-refractivity contribution >= 4 is 0 Å². The Balaban J connectivity index is 2.14. The lowest BCUT2D eigenvalue weighted by molar-refractivity contribution is 0.875. The second-order valence-electron chi connectivity index (χ2n) is 3.47. The molecular formula is C11H15N. The third kappa shape index (κ3) is 1.31. The van der Waals surface area contributed by atoms with E-state index in [0.29, 0.717) is 0 Å². The first-order valence-electron chi connectivity index (χ1n) is 4.72. The van der Waals surface area contributed by atoms with E-state index in [1.165, 1.54) is 30.4 Å². The van der Waals surface area contributed by atoms with Crippen molar-refractivity contribution in [2.24, 2.45) is 0 Å². The van der Waals surface area contributed by atoms with Crippen LogP contribution in [-0.4, -0.2) is 6.54 Å². The fourth-order valence-corrected chi connectivity index (χ4v) is 1.87. The Morgan fingerprint density at radius 3 is 3.17 bits per heavy atom. The van der Waals surface area contributed by atoms with Gasteiger partial charge >= 0.3 is 0 Å². The van der Waals surface area contributed by atoms with E-state index in [1.54, 1.807) is 5.57 Å². The summed E-state index contributed by atoms with van der Waals surface area (Å²) in [5, 5.41) is 3.25. The highest BCUT2D eigenvalue weighted by molar-refractivity contribution is 5.51. The maximum Gasteiger partial charge on any atom is 0.0334 e. The molecule has 1 heterocycles. The molecule has 0 saturated heterocycles. The molecule has 2 aliphatic rings. The van der Waals surface area contributed by atoms with Crippen molar-refractivity contribution < 1.29 is 0 Å². The summed E-state index contributed by atoms with van der Waals surface area (Å²) in [7, 11) is 0. The molecule has 1 aliphatic heterocycles. The Bertz CT molecular complexity index is 269. The van der Waals surface area contributed by atoms with E-state index in [1.807, 2.05) is 0 Å². The van der Waals surface area contributed by atoms with Crippen LogP contribution in [0.25, 0.3) is 0 Å². The van der Waals surface area contributed by atoms with Crippen LogP contribution in [0, 0.1) is 0 Å². The molecule has 12 heavy (non-hydrogen) atoms. The summed E-state index contributed by atoms with van der Waals surface area (Å²) in [6.45, 7) is 3.23. The molecule has 0 atom stereocenters. The number of hydrogen-bond donors (Lipinski definition) is 1. The van der Waals surface area contributed by atoms with Crippen molar-refractivity contribution in [1.29, 1.82) is 0 Å². The SMILES string of the molecule is CCCC1=CC2=CCNC=C2C1. The van der Waals surface area contributed by atoms with E-state index in [-0.39, 0.29) is 0 Å². The van der Waals surface area contributed by atoms with Crippen molar-refractivity contribution in [2.45, 2.75) is 26.2 Å². The normalized spacial score (nSPS) is 20.6. The molecule has 1 aliphatic carbocycles. The Hall–Kier alpha value is -0.980. The molecule has 64 valence electrons. The molecule has 0 spiro atoms. The van der Waals surface area contributed by atoms with Crippen LogP contribution >= 0.6 is 0 Å². The van der Waals surface area contributed by atoms with Crippen molar-refractivity contribution in [3.8, 4) is 0 Å². The second kappa shape index (κ2) is 3.18. The molecule has 0 bridgehead atoms. The first-order chi connectivity index (χ1) is 5.90. The zero-order valence-electron chi connectivity index (χ0n) is 7.56. The summed E-state index contributed by atoms with van der Waals surface area (Å²) >= 11 is 0. The molecule has 1 heteroatoms. The molecular weight excluding hydrogens is 146 g/mol. The molecule has 0 saturated carbocycles. The molecule has 2 rings (SSSR count). The Morgan fingerprint density at radius 1 is 1.50 bits per heavy atom. The van der Waals surface area contributed by atoms with Crippen LogP contribution < -0.4 is 5.32 Å². The summed E-state index contributed by atoms with van der Waals surface area (Å²) in [5.41, 5.74) is 4.53. The minimum absolute atomic E-state index is 0.995. The first kappa shape index (κ1) is 7.66. The van der Waals surface area contributed by atoms with Gasteiger partial charge in [-0.2, -0.15) is 0 Å². The summed E-state index contributed by atoms with van der Waals surface area (Å²) < 4.78 is 0. The highest BCUT2D eigenvalue weighted by atomic mass is 14.8. The molecule has 0 amide bonds. The van der Waals surface area contributed by atoms with Crippen LogP contribution in [0.5, 0.6) is 0 Å². The third-order valence-electron chi connectivity index (χ3n) is 2.44. The molecule has 0 radical (unpaired) electrons. The quantitative estimate of drug-likeness (QED) is 0.656. The minimum atomic E-state index is 0.995. The Morgan fingerprint density at radius 2 is 2.42 bits per heavy atom. The summed E-state index contributed by atoms with van der Waals surface area (Å²) in [5.74, 6) is 0. The lowest BCUT2D eigenvalue weighted by Crippen LogP contribution is -2.10. The Labute approximate surface area is 73.9 Å². The molecule has 0 aromatic rings. The molecule has 1 N–H and O–H groups in total. The number of fused-ring (bicyclic) bond motifs is 1. The monoisotopic (exact) mass is 161 g/mol. The van der Waals surface area contributed by atoms with Gasteiger partial charge in [-0.05, 0) is 24.0 Å². The maximum absolute atomic E-state index is 3.25. The van der Waals surface area contributed by atoms with E-state index in [4.69, 9.17) is 0 Å². The van der Waals surface area contributed by atoms with Crippen LogP contribution in [-0.2, 0) is 0 Å². The molecule has 0 aromatic heterocycles. The van der Waals surface area contributed by atoms with Gasteiger partial charge in [0.2, 0.25) is 0 Å². The fourth-order valence-electron chi connectivity index (χ4n) is 1.87. The van der Waals surface area contributed by atoms with Gasteiger partial charge in [0.1, 0.15) is 0 Å². The van der Waals surface area contributed by atoms with E-state index in [9.17, 15) is 0 Å². The fraction of sp³-hybridized carbons (Fsp3) is 0.455. The summed E-state index contributed by atoms with van der Waals surface area (Å²) in [6.07, 6.45) is 10.5. The number of allylic oxidation sites excluding steroid dienone is 4. The Kier molecular flexibility index (Phi) is 2.03. The second-order valence-corrected chi connectivity index (χ2v) is 3.47. The van der Waals surface area contributed by atoms with Crippen molar-refractivity contribution in [3.05, 3.63) is 35.1 Å². The number of dihydropyridines is 1. The van der Waals surface area contributed by atoms with Crippen molar-refractivity contribution in [1.82, 2.24) is 5.32 Å². The lowest BCUT2D eigenvalue weighted by Gasteiger charge is -2.08. The van der Waals surface area contributed by atoms with Gasteiger partial charge in [-0.15, -0.1) is 0 Å². The number of rotatable bonds is 2. The van der Waals surface area contributed by atoms with E-state index in [0.717, 1.165) is 6.54 Å². The van der Waals surface area contributed by atoms with Gasteiger partial charge in [0.25, 0.3) is 0 Å². The maximum atomic E-state index is 3.25. The van der Waals surface area contributed by atoms with Crippen LogP contribution in [0.3, 0.4) is 0 Å². The predicted octanol–water partition coefficient (Wildman–Crippen LogP) is 2.53. The van der Waals surface area contributed by atoms with Gasteiger partial charge < -0.3 is 5.32 Å². The predicted molar refractivity (Wildman–Crippen MR) is 51.8 cm³/mol. The molecule has 0 fully saturated rings. The van der Waals surface area contributed by atoms with Crippen LogP contribution in [0.15, 0.2) is 35.1 Å². The number of hydrogen-bond acceptors (Lipinski definition) is 1. The van der Waals surface area contributed by atoms with E-state index >= 15 is 0 Å². The highest BCUT2D eigenvalue weighted by Crippen LogP contribution is 2.32. The van der Waals surface area contributed by atoms with Gasteiger partial charge in [-0.3, -0.25) is 0 Å². The van der Waals surface area contributed by atoms with E-state index < -0.39 is 0 Å². The zero-order valence-corrected chi connectivity index (χ0v) is 7.56. The van der Waals surface area contributed by atoms with Gasteiger partial charge in [0.15, 0.2) is 0 Å². The molecule has 0 unspecified atom stereocenters. The first-order valence-corrected chi connectivity index (χ1v) is 4.72. The average Bonchev–Trinajstić information content (AvgIpc) is 2.47. The zero-order chi connectivity index (χ0) is 8.39. The third-order valence-corrected chi connectivity index (χ3v) is 2.44. The van der Waals surface area contributed by atoms with Gasteiger partial charge in [-0.25, -0.2) is 0 Å². The lowest BCUT2D eigenvalue weighted by atomic mass is 10.1. The van der Waals surface area contributed by atoms with Crippen LogP contribution in [0.4, 0.5) is 0 Å². The molecule has 1 nitrogen and oxygen atoms in total. The van der Waals surface area contributed by atoms with Crippen molar-refractivity contribution in [2.75, 3.05) is 6.54 Å². The van der Waals surface area contributed by atoms with Crippen LogP contribution in [0.2, 0.25) is 0 Å². The average molecular weight is 161 g/mol. The topological polar surface area (TPSA) is 12.0 Å². The minimum Gasteiger partial charge on any atom is -0.387 e. The standard InChI is InChI=1S/C11H15N/c1-2-3-9-6-10-4-5-12-8-11(10)7-9/h4,6,8,12H,2-3,5,7H2,1H3. The largest absolute Gasteiger partial charge is 0.387 e. The van der Waals surface area contributed by atoms with Gasteiger partial charge in [-0.1, -0.05) is 31.1 Å². The van der Waals surface area contributed by atoms with Crippen molar-refractivity contribution in [3.63, 3.8) is 0 Å².